The molecule has 0 saturated carbocycles. The number of rotatable bonds is 4. The van der Waals surface area contributed by atoms with E-state index in [0.29, 0.717) is 6.54 Å². The highest BCUT2D eigenvalue weighted by Gasteiger charge is 2.30. The number of nitrogens with zero attached hydrogens (tertiary/aromatic N) is 1. The number of carbonyl (C=O) groups is 1. The SMILES string of the molecule is Cc1csc(CNC(=O)C(C)(C)C(N)=S)n1. The third-order valence-corrected chi connectivity index (χ3v) is 3.73. The monoisotopic (exact) mass is 257 g/mol. The largest absolute Gasteiger partial charge is 0.392 e. The Morgan fingerprint density at radius 3 is 2.75 bits per heavy atom. The van der Waals surface area contributed by atoms with Gasteiger partial charge in [0.2, 0.25) is 5.91 Å². The lowest BCUT2D eigenvalue weighted by Crippen LogP contribution is -2.44. The molecule has 0 fully saturated rings. The summed E-state index contributed by atoms with van der Waals surface area (Å²) in [6.07, 6.45) is 0. The minimum Gasteiger partial charge on any atom is -0.392 e. The molecule has 0 aliphatic carbocycles. The molecule has 0 unspecified atom stereocenters. The number of aryl methyl sites for hydroxylation is 1. The maximum Gasteiger partial charge on any atom is 0.232 e. The predicted molar refractivity (Wildman–Crippen MR) is 69.3 cm³/mol. The van der Waals surface area contributed by atoms with Crippen molar-refractivity contribution in [2.75, 3.05) is 0 Å². The first kappa shape index (κ1) is 13.1. The summed E-state index contributed by atoms with van der Waals surface area (Å²) in [7, 11) is 0. The molecular weight excluding hydrogens is 242 g/mol. The highest BCUT2D eigenvalue weighted by molar-refractivity contribution is 7.80. The molecule has 16 heavy (non-hydrogen) atoms. The van der Waals surface area contributed by atoms with Crippen LogP contribution >= 0.6 is 23.6 Å². The van der Waals surface area contributed by atoms with Crippen LogP contribution < -0.4 is 11.1 Å². The Hall–Kier alpha value is -1.01. The number of aromatic nitrogens is 1. The molecule has 0 aliphatic heterocycles. The Morgan fingerprint density at radius 1 is 1.69 bits per heavy atom. The number of nitrogens with two attached hydrogens (primary N) is 1. The van der Waals surface area contributed by atoms with E-state index in [2.05, 4.69) is 10.3 Å². The number of hydrogen-bond acceptors (Lipinski definition) is 4. The van der Waals surface area contributed by atoms with Crippen LogP contribution in [0, 0.1) is 12.3 Å². The van der Waals surface area contributed by atoms with E-state index in [0.717, 1.165) is 10.7 Å². The van der Waals surface area contributed by atoms with Crippen LogP contribution in [0.4, 0.5) is 0 Å². The average molecular weight is 257 g/mol. The van der Waals surface area contributed by atoms with E-state index in [9.17, 15) is 4.79 Å². The fraction of sp³-hybridized carbons (Fsp3) is 0.500. The van der Waals surface area contributed by atoms with Crippen LogP contribution in [0.1, 0.15) is 24.5 Å². The van der Waals surface area contributed by atoms with Crippen molar-refractivity contribution in [2.24, 2.45) is 11.1 Å². The maximum absolute atomic E-state index is 11.8. The summed E-state index contributed by atoms with van der Waals surface area (Å²) in [5.41, 5.74) is 5.64. The van der Waals surface area contributed by atoms with Crippen molar-refractivity contribution in [3.63, 3.8) is 0 Å². The third-order valence-electron chi connectivity index (χ3n) is 2.25. The van der Waals surface area contributed by atoms with Gasteiger partial charge in [-0.2, -0.15) is 0 Å². The van der Waals surface area contributed by atoms with Crippen LogP contribution in [-0.2, 0) is 11.3 Å². The van der Waals surface area contributed by atoms with E-state index in [1.54, 1.807) is 13.8 Å². The zero-order chi connectivity index (χ0) is 12.3. The van der Waals surface area contributed by atoms with E-state index in [1.807, 2.05) is 12.3 Å². The van der Waals surface area contributed by atoms with Crippen molar-refractivity contribution >= 4 is 34.5 Å². The fourth-order valence-corrected chi connectivity index (χ4v) is 1.78. The number of nitrogens with one attached hydrogen (secondary N) is 1. The van der Waals surface area contributed by atoms with Gasteiger partial charge in [-0.05, 0) is 20.8 Å². The van der Waals surface area contributed by atoms with Crippen molar-refractivity contribution in [2.45, 2.75) is 27.3 Å². The first-order valence-corrected chi connectivity index (χ1v) is 6.12. The second-order valence-corrected chi connectivity index (χ2v) is 5.44. The van der Waals surface area contributed by atoms with Gasteiger partial charge in [0.05, 0.1) is 16.9 Å². The molecular formula is C10H15N3OS2. The summed E-state index contributed by atoms with van der Waals surface area (Å²) >= 11 is 6.37. The number of carbonyl (C=O) groups excluding carboxylic acids is 1. The summed E-state index contributed by atoms with van der Waals surface area (Å²) in [6, 6.07) is 0. The van der Waals surface area contributed by atoms with Crippen LogP contribution in [0.2, 0.25) is 0 Å². The topological polar surface area (TPSA) is 68.0 Å². The lowest BCUT2D eigenvalue weighted by Gasteiger charge is -2.21. The minimum absolute atomic E-state index is 0.173. The highest BCUT2D eigenvalue weighted by atomic mass is 32.1. The highest BCUT2D eigenvalue weighted by Crippen LogP contribution is 2.16. The summed E-state index contributed by atoms with van der Waals surface area (Å²) in [5, 5.41) is 5.60. The predicted octanol–water partition coefficient (Wildman–Crippen LogP) is 1.38. The summed E-state index contributed by atoms with van der Waals surface area (Å²) in [5.74, 6) is -0.173. The van der Waals surface area contributed by atoms with Crippen LogP contribution in [0.25, 0.3) is 0 Å². The van der Waals surface area contributed by atoms with Gasteiger partial charge in [-0.25, -0.2) is 4.98 Å². The van der Waals surface area contributed by atoms with Gasteiger partial charge in [0.25, 0.3) is 0 Å². The minimum atomic E-state index is -0.818. The fourth-order valence-electron chi connectivity index (χ4n) is 0.973. The van der Waals surface area contributed by atoms with Crippen molar-refractivity contribution in [1.82, 2.24) is 10.3 Å². The molecule has 0 saturated heterocycles. The Morgan fingerprint density at radius 2 is 2.31 bits per heavy atom. The van der Waals surface area contributed by atoms with Crippen molar-refractivity contribution in [3.8, 4) is 0 Å². The number of thiocarbonyl (C=S) groups is 1. The zero-order valence-electron chi connectivity index (χ0n) is 9.53. The number of thiazole rings is 1. The summed E-state index contributed by atoms with van der Waals surface area (Å²) in [4.78, 5) is 16.2. The number of amides is 1. The van der Waals surface area contributed by atoms with Gasteiger partial charge >= 0.3 is 0 Å². The van der Waals surface area contributed by atoms with E-state index in [4.69, 9.17) is 18.0 Å². The molecule has 4 nitrogen and oxygen atoms in total. The molecule has 1 aromatic heterocycles. The Bertz CT molecular complexity index is 412. The molecule has 0 radical (unpaired) electrons. The molecule has 88 valence electrons. The molecule has 1 aromatic rings. The number of hydrogen-bond donors (Lipinski definition) is 2. The van der Waals surface area contributed by atoms with Gasteiger partial charge < -0.3 is 11.1 Å². The molecule has 6 heteroatoms. The van der Waals surface area contributed by atoms with Crippen molar-refractivity contribution in [1.29, 1.82) is 0 Å². The molecule has 0 bridgehead atoms. The Kier molecular flexibility index (Phi) is 3.98. The first-order chi connectivity index (χ1) is 7.34. The summed E-state index contributed by atoms with van der Waals surface area (Å²) in [6.45, 7) is 5.75. The first-order valence-electron chi connectivity index (χ1n) is 4.83. The van der Waals surface area contributed by atoms with Crippen LogP contribution in [0.15, 0.2) is 5.38 Å². The van der Waals surface area contributed by atoms with E-state index < -0.39 is 5.41 Å². The molecule has 0 aromatic carbocycles. The van der Waals surface area contributed by atoms with Gasteiger partial charge in [0, 0.05) is 11.1 Å². The smallest absolute Gasteiger partial charge is 0.232 e. The molecule has 0 spiro atoms. The second kappa shape index (κ2) is 4.88. The molecule has 0 aliphatic rings. The van der Waals surface area contributed by atoms with Crippen molar-refractivity contribution < 1.29 is 4.79 Å². The second-order valence-electron chi connectivity index (χ2n) is 4.05. The van der Waals surface area contributed by atoms with Gasteiger partial charge in [0.15, 0.2) is 0 Å². The van der Waals surface area contributed by atoms with E-state index in [1.165, 1.54) is 11.3 Å². The zero-order valence-corrected chi connectivity index (χ0v) is 11.2. The molecule has 0 atom stereocenters. The lowest BCUT2D eigenvalue weighted by molar-refractivity contribution is -0.126. The van der Waals surface area contributed by atoms with Crippen LogP contribution in [-0.4, -0.2) is 15.9 Å². The molecule has 3 N–H and O–H groups in total. The third kappa shape index (κ3) is 2.99. The lowest BCUT2D eigenvalue weighted by atomic mass is 9.92. The molecule has 1 amide bonds. The van der Waals surface area contributed by atoms with Gasteiger partial charge in [-0.1, -0.05) is 12.2 Å². The standard InChI is InChI=1S/C10H15N3OS2/c1-6-5-16-7(13-6)4-12-9(14)10(2,3)8(11)15/h5H,4H2,1-3H3,(H2,11,15)(H,12,14). The van der Waals surface area contributed by atoms with Gasteiger partial charge in [0.1, 0.15) is 5.01 Å². The average Bonchev–Trinajstić information content (AvgIpc) is 2.60. The Balaban J connectivity index is 2.56. The van der Waals surface area contributed by atoms with Crippen molar-refractivity contribution in [3.05, 3.63) is 16.1 Å². The van der Waals surface area contributed by atoms with Crippen LogP contribution in [0.3, 0.4) is 0 Å². The maximum atomic E-state index is 11.8. The van der Waals surface area contributed by atoms with E-state index in [-0.39, 0.29) is 10.9 Å². The molecule has 1 rings (SSSR count). The van der Waals surface area contributed by atoms with Crippen LogP contribution in [0.5, 0.6) is 0 Å². The Labute approximate surface area is 104 Å². The quantitative estimate of drug-likeness (QED) is 0.800. The normalized spacial score (nSPS) is 11.2. The van der Waals surface area contributed by atoms with Gasteiger partial charge in [-0.15, -0.1) is 11.3 Å². The molecule has 1 heterocycles. The van der Waals surface area contributed by atoms with E-state index >= 15 is 0 Å². The summed E-state index contributed by atoms with van der Waals surface area (Å²) < 4.78 is 0. The van der Waals surface area contributed by atoms with Gasteiger partial charge in [-0.3, -0.25) is 4.79 Å².